The molecule has 3 aromatic heterocycles. The lowest BCUT2D eigenvalue weighted by atomic mass is 9.73. The Hall–Kier alpha value is -3.12. The Balaban J connectivity index is 1.33. The van der Waals surface area contributed by atoms with E-state index in [1.807, 2.05) is 6.07 Å². The Labute approximate surface area is 229 Å². The number of hydrogen-bond acceptors (Lipinski definition) is 9. The van der Waals surface area contributed by atoms with E-state index >= 15 is 0 Å². The molecule has 1 aromatic carbocycles. The zero-order valence-electron chi connectivity index (χ0n) is 22.2. The van der Waals surface area contributed by atoms with Gasteiger partial charge in [-0.2, -0.15) is 0 Å². The van der Waals surface area contributed by atoms with Crippen LogP contribution in [0.3, 0.4) is 0 Å². The molecule has 3 atom stereocenters. The molecule has 1 unspecified atom stereocenters. The molecule has 0 bridgehead atoms. The summed E-state index contributed by atoms with van der Waals surface area (Å²) >= 11 is 1.29. The number of nitrogens with zero attached hydrogens (tertiary/aromatic N) is 4. The molecule has 6 rings (SSSR count). The van der Waals surface area contributed by atoms with Crippen molar-refractivity contribution in [3.63, 3.8) is 0 Å². The molecule has 206 valence electrons. The van der Waals surface area contributed by atoms with Gasteiger partial charge in [0.1, 0.15) is 20.8 Å². The fourth-order valence-corrected chi connectivity index (χ4v) is 7.39. The predicted molar refractivity (Wildman–Crippen MR) is 150 cm³/mol. The van der Waals surface area contributed by atoms with Gasteiger partial charge in [0.15, 0.2) is 0 Å². The number of nitrogens with one attached hydrogen (secondary N) is 1. The standard InChI is InChI=1S/C28H33N5O5S/c1-36-14-15-38-13-12-32-24-23-26(30-10-9-29-23)39-25(24)27(34)33(28(32)35)11-8-20-22-17(16-31-20)6-7-18-19(22)4-3-5-21(18)37-2/h3-5,9-10,17,20,22,31H,6-8,11-16H2,1-2H3/t17-,20?,22+/m0/s1. The molecule has 1 fully saturated rings. The molecule has 1 saturated heterocycles. The number of ether oxygens (including phenoxy) is 3. The molecule has 10 nitrogen and oxygen atoms in total. The van der Waals surface area contributed by atoms with Crippen LogP contribution in [-0.4, -0.2) is 65.7 Å². The second-order valence-corrected chi connectivity index (χ2v) is 11.1. The fraction of sp³-hybridized carbons (Fsp3) is 0.500. The summed E-state index contributed by atoms with van der Waals surface area (Å²) in [5.41, 5.74) is 3.11. The van der Waals surface area contributed by atoms with E-state index in [-0.39, 0.29) is 17.3 Å². The maximum atomic E-state index is 13.8. The van der Waals surface area contributed by atoms with Gasteiger partial charge in [0, 0.05) is 38.0 Å². The van der Waals surface area contributed by atoms with Gasteiger partial charge in [0.05, 0.1) is 39.0 Å². The summed E-state index contributed by atoms with van der Waals surface area (Å²) in [5.74, 6) is 1.81. The van der Waals surface area contributed by atoms with Crippen LogP contribution in [0, 0.1) is 5.92 Å². The van der Waals surface area contributed by atoms with Crippen molar-refractivity contribution in [2.75, 3.05) is 40.6 Å². The van der Waals surface area contributed by atoms with Crippen molar-refractivity contribution in [2.45, 2.75) is 44.3 Å². The first-order valence-corrected chi connectivity index (χ1v) is 14.3. The topological polar surface area (TPSA) is 110 Å². The number of methoxy groups -OCH3 is 2. The van der Waals surface area contributed by atoms with Crippen LogP contribution < -0.4 is 21.3 Å². The van der Waals surface area contributed by atoms with Gasteiger partial charge in [-0.1, -0.05) is 12.1 Å². The normalized spacial score (nSPS) is 20.4. The minimum Gasteiger partial charge on any atom is -0.496 e. The molecule has 0 saturated carbocycles. The van der Waals surface area contributed by atoms with Crippen LogP contribution in [0.5, 0.6) is 5.75 Å². The Morgan fingerprint density at radius 3 is 2.79 bits per heavy atom. The molecule has 2 aliphatic rings. The zero-order valence-corrected chi connectivity index (χ0v) is 23.0. The quantitative estimate of drug-likeness (QED) is 0.300. The first kappa shape index (κ1) is 26.1. The van der Waals surface area contributed by atoms with Crippen LogP contribution in [0.2, 0.25) is 0 Å². The molecule has 0 amide bonds. The van der Waals surface area contributed by atoms with E-state index in [1.165, 1.54) is 27.0 Å². The summed E-state index contributed by atoms with van der Waals surface area (Å²) in [7, 11) is 3.34. The van der Waals surface area contributed by atoms with Gasteiger partial charge in [0.25, 0.3) is 5.56 Å². The third-order valence-corrected chi connectivity index (χ3v) is 9.19. The first-order valence-electron chi connectivity index (χ1n) is 13.4. The Kier molecular flexibility index (Phi) is 7.48. The number of thiophene rings is 1. The van der Waals surface area contributed by atoms with Gasteiger partial charge in [-0.25, -0.2) is 14.8 Å². The van der Waals surface area contributed by atoms with Crippen molar-refractivity contribution in [3.05, 3.63) is 62.6 Å². The van der Waals surface area contributed by atoms with E-state index in [1.54, 1.807) is 31.2 Å². The third kappa shape index (κ3) is 4.67. The summed E-state index contributed by atoms with van der Waals surface area (Å²) in [4.78, 5) is 37.0. The van der Waals surface area contributed by atoms with Gasteiger partial charge in [-0.3, -0.25) is 13.9 Å². The van der Waals surface area contributed by atoms with Gasteiger partial charge in [-0.05, 0) is 48.9 Å². The van der Waals surface area contributed by atoms with Crippen LogP contribution in [0.4, 0.5) is 0 Å². The van der Waals surface area contributed by atoms with E-state index in [4.69, 9.17) is 14.2 Å². The van der Waals surface area contributed by atoms with E-state index in [0.717, 1.165) is 25.1 Å². The summed E-state index contributed by atoms with van der Waals surface area (Å²) < 4.78 is 19.9. The first-order chi connectivity index (χ1) is 19.1. The third-order valence-electron chi connectivity index (χ3n) is 8.13. The van der Waals surface area contributed by atoms with Crippen LogP contribution in [0.15, 0.2) is 40.2 Å². The zero-order chi connectivity index (χ0) is 26.9. The molecule has 4 heterocycles. The van der Waals surface area contributed by atoms with E-state index < -0.39 is 0 Å². The van der Waals surface area contributed by atoms with Crippen molar-refractivity contribution in [3.8, 4) is 5.75 Å². The molecule has 39 heavy (non-hydrogen) atoms. The predicted octanol–water partition coefficient (Wildman–Crippen LogP) is 2.55. The van der Waals surface area contributed by atoms with Crippen LogP contribution >= 0.6 is 11.3 Å². The average Bonchev–Trinajstić information content (AvgIpc) is 3.56. The minimum absolute atomic E-state index is 0.166. The molecule has 11 heteroatoms. The van der Waals surface area contributed by atoms with Crippen LogP contribution in [-0.2, 0) is 29.0 Å². The molecular weight excluding hydrogens is 518 g/mol. The average molecular weight is 552 g/mol. The van der Waals surface area contributed by atoms with E-state index in [9.17, 15) is 9.59 Å². The summed E-state index contributed by atoms with van der Waals surface area (Å²) in [6.07, 6.45) is 5.97. The van der Waals surface area contributed by atoms with Gasteiger partial charge < -0.3 is 19.5 Å². The van der Waals surface area contributed by atoms with Crippen molar-refractivity contribution in [1.29, 1.82) is 0 Å². The summed E-state index contributed by atoms with van der Waals surface area (Å²) in [6, 6.07) is 6.46. The lowest BCUT2D eigenvalue weighted by molar-refractivity contribution is 0.0664. The molecule has 1 N–H and O–H groups in total. The van der Waals surface area contributed by atoms with Crippen molar-refractivity contribution in [1.82, 2.24) is 24.4 Å². The minimum atomic E-state index is -0.339. The van der Waals surface area contributed by atoms with Gasteiger partial charge in [-0.15, -0.1) is 11.3 Å². The molecule has 4 aromatic rings. The van der Waals surface area contributed by atoms with Gasteiger partial charge >= 0.3 is 5.69 Å². The highest BCUT2D eigenvalue weighted by Crippen LogP contribution is 2.45. The van der Waals surface area contributed by atoms with Crippen LogP contribution in [0.25, 0.3) is 20.6 Å². The summed E-state index contributed by atoms with van der Waals surface area (Å²) in [5, 5.41) is 3.70. The number of hydrogen-bond donors (Lipinski definition) is 1. The van der Waals surface area contributed by atoms with E-state index in [2.05, 4.69) is 27.4 Å². The maximum absolute atomic E-state index is 13.8. The second kappa shape index (κ2) is 11.2. The van der Waals surface area contributed by atoms with Gasteiger partial charge in [0.2, 0.25) is 0 Å². The molecule has 0 spiro atoms. The van der Waals surface area contributed by atoms with Crippen molar-refractivity contribution >= 4 is 31.9 Å². The lowest BCUT2D eigenvalue weighted by Gasteiger charge is -2.32. The monoisotopic (exact) mass is 551 g/mol. The Morgan fingerprint density at radius 1 is 1.08 bits per heavy atom. The smallest absolute Gasteiger partial charge is 0.331 e. The number of aromatic nitrogens is 4. The van der Waals surface area contributed by atoms with Crippen molar-refractivity contribution < 1.29 is 14.2 Å². The Morgan fingerprint density at radius 2 is 1.95 bits per heavy atom. The fourth-order valence-electron chi connectivity index (χ4n) is 6.34. The Bertz CT molecular complexity index is 1610. The molecule has 0 radical (unpaired) electrons. The number of benzene rings is 1. The highest BCUT2D eigenvalue weighted by atomic mass is 32.1. The van der Waals surface area contributed by atoms with E-state index in [0.29, 0.717) is 71.7 Å². The highest BCUT2D eigenvalue weighted by molar-refractivity contribution is 7.25. The molecular formula is C28H33N5O5S. The summed E-state index contributed by atoms with van der Waals surface area (Å²) in [6.45, 7) is 2.80. The van der Waals surface area contributed by atoms with Crippen LogP contribution in [0.1, 0.15) is 29.9 Å². The second-order valence-electron chi connectivity index (χ2n) is 10.1. The number of fused-ring (bicyclic) bond motifs is 6. The molecule has 1 aliphatic heterocycles. The highest BCUT2D eigenvalue weighted by Gasteiger charge is 2.40. The number of rotatable bonds is 10. The molecule has 1 aliphatic carbocycles. The largest absolute Gasteiger partial charge is 0.496 e. The maximum Gasteiger partial charge on any atom is 0.331 e. The van der Waals surface area contributed by atoms with Crippen molar-refractivity contribution in [2.24, 2.45) is 5.92 Å². The SMILES string of the molecule is COCCOCCn1c(=O)n(CCC2NC[C@@H]3CCc4c(OC)cccc4[C@H]23)c(=O)c2sc3nccnc3c21. The lowest BCUT2D eigenvalue weighted by Crippen LogP contribution is -2.42.